The van der Waals surface area contributed by atoms with Crippen LogP contribution in [0.5, 0.6) is 0 Å². The largest absolute Gasteiger partial charge is 0.377 e. The predicted octanol–water partition coefficient (Wildman–Crippen LogP) is 2.58. The van der Waals surface area contributed by atoms with E-state index in [9.17, 15) is 0 Å². The summed E-state index contributed by atoms with van der Waals surface area (Å²) in [5.74, 6) is 2.68. The zero-order valence-electron chi connectivity index (χ0n) is 10.4. The molecule has 0 aromatic rings. The molecule has 0 aromatic carbocycles. The summed E-state index contributed by atoms with van der Waals surface area (Å²) in [5.41, 5.74) is 0. The first kappa shape index (κ1) is 14.5. The van der Waals surface area contributed by atoms with Crippen molar-refractivity contribution in [3.8, 4) is 12.3 Å². The molecule has 15 heavy (non-hydrogen) atoms. The maximum absolute atomic E-state index is 5.62. The van der Waals surface area contributed by atoms with Crippen LogP contribution in [0.4, 0.5) is 0 Å². The number of hydrogen-bond acceptors (Lipinski definition) is 2. The summed E-state index contributed by atoms with van der Waals surface area (Å²) in [6.45, 7) is 8.16. The Kier molecular flexibility index (Phi) is 9.67. The highest BCUT2D eigenvalue weighted by atomic mass is 16.5. The van der Waals surface area contributed by atoms with Crippen LogP contribution in [0, 0.1) is 12.3 Å². The molecule has 2 heteroatoms. The summed E-state index contributed by atoms with van der Waals surface area (Å²) in [6.07, 6.45) is 9.76. The maximum atomic E-state index is 5.62. The minimum Gasteiger partial charge on any atom is -0.377 e. The minimum atomic E-state index is 0.309. The predicted molar refractivity (Wildman–Crippen MR) is 65.9 cm³/mol. The van der Waals surface area contributed by atoms with Crippen molar-refractivity contribution in [2.24, 2.45) is 0 Å². The SMILES string of the molecule is C#CCCCC(COC(C)C)NCCC. The Labute approximate surface area is 94.8 Å². The second-order valence-corrected chi connectivity index (χ2v) is 4.13. The van der Waals surface area contributed by atoms with Gasteiger partial charge >= 0.3 is 0 Å². The minimum absolute atomic E-state index is 0.309. The van der Waals surface area contributed by atoms with Crippen LogP contribution in [0.2, 0.25) is 0 Å². The van der Waals surface area contributed by atoms with Crippen LogP contribution >= 0.6 is 0 Å². The lowest BCUT2D eigenvalue weighted by Crippen LogP contribution is -2.34. The third-order valence-electron chi connectivity index (χ3n) is 2.19. The van der Waals surface area contributed by atoms with Gasteiger partial charge in [-0.1, -0.05) is 6.92 Å². The van der Waals surface area contributed by atoms with Crippen LogP contribution in [0.15, 0.2) is 0 Å². The Balaban J connectivity index is 3.68. The monoisotopic (exact) mass is 211 g/mol. The molecule has 0 rings (SSSR count). The molecule has 2 nitrogen and oxygen atoms in total. The molecule has 0 bridgehead atoms. The summed E-state index contributed by atoms with van der Waals surface area (Å²) in [5, 5.41) is 3.49. The van der Waals surface area contributed by atoms with Crippen molar-refractivity contribution >= 4 is 0 Å². The van der Waals surface area contributed by atoms with E-state index in [1.807, 2.05) is 0 Å². The van der Waals surface area contributed by atoms with E-state index in [0.29, 0.717) is 12.1 Å². The fourth-order valence-electron chi connectivity index (χ4n) is 1.35. The van der Waals surface area contributed by atoms with E-state index in [0.717, 1.165) is 38.8 Å². The van der Waals surface area contributed by atoms with Crippen molar-refractivity contribution in [3.05, 3.63) is 0 Å². The molecule has 0 aliphatic heterocycles. The number of terminal acetylenes is 1. The summed E-state index contributed by atoms with van der Waals surface area (Å²) >= 11 is 0. The van der Waals surface area contributed by atoms with Crippen LogP contribution in [0.1, 0.15) is 46.5 Å². The van der Waals surface area contributed by atoms with Gasteiger partial charge in [0.05, 0.1) is 12.7 Å². The van der Waals surface area contributed by atoms with Crippen LogP contribution in [0.3, 0.4) is 0 Å². The zero-order chi connectivity index (χ0) is 11.5. The van der Waals surface area contributed by atoms with Gasteiger partial charge in [0, 0.05) is 12.5 Å². The van der Waals surface area contributed by atoms with E-state index in [1.54, 1.807) is 0 Å². The quantitative estimate of drug-likeness (QED) is 0.467. The Hall–Kier alpha value is -0.520. The van der Waals surface area contributed by atoms with Crippen LogP contribution in [-0.2, 0) is 4.74 Å². The standard InChI is InChI=1S/C13H25NO/c1-5-7-8-9-13(14-10-6-2)11-15-12(3)4/h1,12-14H,6-11H2,2-4H3. The van der Waals surface area contributed by atoms with Gasteiger partial charge in [-0.15, -0.1) is 12.3 Å². The van der Waals surface area contributed by atoms with E-state index in [4.69, 9.17) is 11.2 Å². The molecule has 88 valence electrons. The van der Waals surface area contributed by atoms with Crippen molar-refractivity contribution < 1.29 is 4.74 Å². The van der Waals surface area contributed by atoms with E-state index in [2.05, 4.69) is 32.0 Å². The first-order chi connectivity index (χ1) is 7.20. The molecule has 1 atom stereocenters. The smallest absolute Gasteiger partial charge is 0.0623 e. The average Bonchev–Trinajstić information content (AvgIpc) is 2.21. The molecule has 1 N–H and O–H groups in total. The lowest BCUT2D eigenvalue weighted by molar-refractivity contribution is 0.0592. The van der Waals surface area contributed by atoms with Gasteiger partial charge in [-0.3, -0.25) is 0 Å². The van der Waals surface area contributed by atoms with Gasteiger partial charge < -0.3 is 10.1 Å². The van der Waals surface area contributed by atoms with Gasteiger partial charge in [0.2, 0.25) is 0 Å². The van der Waals surface area contributed by atoms with E-state index < -0.39 is 0 Å². The van der Waals surface area contributed by atoms with Crippen LogP contribution in [-0.4, -0.2) is 25.3 Å². The molecular formula is C13H25NO. The summed E-state index contributed by atoms with van der Waals surface area (Å²) < 4.78 is 5.62. The summed E-state index contributed by atoms with van der Waals surface area (Å²) in [4.78, 5) is 0. The van der Waals surface area contributed by atoms with E-state index in [-0.39, 0.29) is 0 Å². The molecule has 0 heterocycles. The number of unbranched alkanes of at least 4 members (excludes halogenated alkanes) is 1. The molecular weight excluding hydrogens is 186 g/mol. The molecule has 0 spiro atoms. The van der Waals surface area contributed by atoms with Gasteiger partial charge in [-0.25, -0.2) is 0 Å². The summed E-state index contributed by atoms with van der Waals surface area (Å²) in [7, 11) is 0. The fourth-order valence-corrected chi connectivity index (χ4v) is 1.35. The molecule has 1 unspecified atom stereocenters. The lowest BCUT2D eigenvalue weighted by atomic mass is 10.1. The van der Waals surface area contributed by atoms with E-state index >= 15 is 0 Å². The highest BCUT2D eigenvalue weighted by Crippen LogP contribution is 2.03. The Morgan fingerprint density at radius 1 is 1.40 bits per heavy atom. The molecule has 0 saturated carbocycles. The first-order valence-corrected chi connectivity index (χ1v) is 5.99. The Bertz CT molecular complexity index is 172. The van der Waals surface area contributed by atoms with Gasteiger partial charge in [-0.05, 0) is 39.7 Å². The molecule has 0 aliphatic carbocycles. The number of ether oxygens (including phenoxy) is 1. The Morgan fingerprint density at radius 3 is 2.67 bits per heavy atom. The average molecular weight is 211 g/mol. The van der Waals surface area contributed by atoms with Crippen molar-refractivity contribution in [2.75, 3.05) is 13.2 Å². The fraction of sp³-hybridized carbons (Fsp3) is 0.846. The topological polar surface area (TPSA) is 21.3 Å². The number of nitrogens with one attached hydrogen (secondary N) is 1. The second kappa shape index (κ2) is 10.0. The highest BCUT2D eigenvalue weighted by molar-refractivity contribution is 4.83. The molecule has 0 amide bonds. The van der Waals surface area contributed by atoms with Gasteiger partial charge in [-0.2, -0.15) is 0 Å². The molecule has 0 aromatic heterocycles. The van der Waals surface area contributed by atoms with Crippen molar-refractivity contribution in [1.82, 2.24) is 5.32 Å². The van der Waals surface area contributed by atoms with E-state index in [1.165, 1.54) is 0 Å². The third kappa shape index (κ3) is 9.78. The molecule has 0 saturated heterocycles. The maximum Gasteiger partial charge on any atom is 0.0623 e. The lowest BCUT2D eigenvalue weighted by Gasteiger charge is -2.19. The highest BCUT2D eigenvalue weighted by Gasteiger charge is 2.08. The van der Waals surface area contributed by atoms with Crippen molar-refractivity contribution in [1.29, 1.82) is 0 Å². The van der Waals surface area contributed by atoms with Crippen LogP contribution in [0.25, 0.3) is 0 Å². The number of rotatable bonds is 9. The normalized spacial score (nSPS) is 12.7. The van der Waals surface area contributed by atoms with Gasteiger partial charge in [0.1, 0.15) is 0 Å². The van der Waals surface area contributed by atoms with Crippen LogP contribution < -0.4 is 5.32 Å². The molecule has 0 aliphatic rings. The first-order valence-electron chi connectivity index (χ1n) is 5.99. The third-order valence-corrected chi connectivity index (χ3v) is 2.19. The Morgan fingerprint density at radius 2 is 2.13 bits per heavy atom. The summed E-state index contributed by atoms with van der Waals surface area (Å²) in [6, 6.07) is 0.459. The molecule has 0 fully saturated rings. The van der Waals surface area contributed by atoms with Gasteiger partial charge in [0.15, 0.2) is 0 Å². The van der Waals surface area contributed by atoms with Crippen molar-refractivity contribution in [3.63, 3.8) is 0 Å². The molecule has 0 radical (unpaired) electrons. The zero-order valence-corrected chi connectivity index (χ0v) is 10.4. The number of hydrogen-bond donors (Lipinski definition) is 1. The van der Waals surface area contributed by atoms with Crippen molar-refractivity contribution in [2.45, 2.75) is 58.6 Å². The second-order valence-electron chi connectivity index (χ2n) is 4.13. The van der Waals surface area contributed by atoms with Gasteiger partial charge in [0.25, 0.3) is 0 Å².